The van der Waals surface area contributed by atoms with Crippen molar-refractivity contribution in [1.82, 2.24) is 15.1 Å². The molecule has 1 atom stereocenters. The molecule has 1 aliphatic heterocycles. The fraction of sp³-hybridized carbons (Fsp3) is 0.750. The van der Waals surface area contributed by atoms with E-state index in [2.05, 4.69) is 33.3 Å². The van der Waals surface area contributed by atoms with E-state index in [1.807, 2.05) is 4.68 Å². The number of hydrogen-bond donors (Lipinski definition) is 2. The average Bonchev–Trinajstić information content (AvgIpc) is 2.71. The molecule has 0 bridgehead atoms. The van der Waals surface area contributed by atoms with Gasteiger partial charge in [-0.2, -0.15) is 5.10 Å². The molecule has 2 heterocycles. The number of halogens is 1. The summed E-state index contributed by atoms with van der Waals surface area (Å²) in [4.78, 5) is 0. The third-order valence-electron chi connectivity index (χ3n) is 3.38. The van der Waals surface area contributed by atoms with Crippen LogP contribution in [-0.2, 0) is 6.54 Å². The fourth-order valence-corrected chi connectivity index (χ4v) is 2.97. The molecule has 0 radical (unpaired) electrons. The summed E-state index contributed by atoms with van der Waals surface area (Å²) >= 11 is 3.50. The minimum atomic E-state index is -0.402. The molecular formula is C12H20BrN3O. The number of hydrogen-bond acceptors (Lipinski definition) is 3. The molecule has 2 N–H and O–H groups in total. The highest BCUT2D eigenvalue weighted by atomic mass is 79.9. The minimum absolute atomic E-state index is 0.347. The summed E-state index contributed by atoms with van der Waals surface area (Å²) in [5.41, 5.74) is 0.943. The topological polar surface area (TPSA) is 50.1 Å². The van der Waals surface area contributed by atoms with Gasteiger partial charge in [-0.1, -0.05) is 6.92 Å². The van der Waals surface area contributed by atoms with Crippen molar-refractivity contribution in [2.45, 2.75) is 38.8 Å². The largest absolute Gasteiger partial charge is 0.386 e. The normalized spacial score (nSPS) is 19.5. The summed E-state index contributed by atoms with van der Waals surface area (Å²) in [5, 5.41) is 18.1. The molecular weight excluding hydrogens is 282 g/mol. The summed E-state index contributed by atoms with van der Waals surface area (Å²) < 4.78 is 2.86. The maximum Gasteiger partial charge on any atom is 0.0997 e. The zero-order chi connectivity index (χ0) is 12.3. The first-order valence-corrected chi connectivity index (χ1v) is 7.13. The maximum absolute atomic E-state index is 10.5. The third kappa shape index (κ3) is 2.89. The zero-order valence-corrected chi connectivity index (χ0v) is 11.8. The molecule has 0 amide bonds. The van der Waals surface area contributed by atoms with Gasteiger partial charge in [-0.05, 0) is 54.2 Å². The Morgan fingerprint density at radius 1 is 1.59 bits per heavy atom. The Morgan fingerprint density at radius 2 is 2.29 bits per heavy atom. The van der Waals surface area contributed by atoms with E-state index in [9.17, 15) is 5.11 Å². The van der Waals surface area contributed by atoms with Crippen LogP contribution in [0.2, 0.25) is 0 Å². The highest BCUT2D eigenvalue weighted by molar-refractivity contribution is 9.10. The van der Waals surface area contributed by atoms with Gasteiger partial charge in [0.05, 0.1) is 22.5 Å². The highest BCUT2D eigenvalue weighted by Crippen LogP contribution is 2.33. The molecule has 2 rings (SSSR count). The number of rotatable bonds is 4. The Balaban J connectivity index is 2.16. The lowest BCUT2D eigenvalue weighted by Gasteiger charge is -2.27. The van der Waals surface area contributed by atoms with Crippen molar-refractivity contribution in [3.8, 4) is 0 Å². The van der Waals surface area contributed by atoms with Crippen LogP contribution in [0.15, 0.2) is 10.7 Å². The van der Waals surface area contributed by atoms with Gasteiger partial charge in [0.15, 0.2) is 0 Å². The van der Waals surface area contributed by atoms with Crippen LogP contribution in [0.25, 0.3) is 0 Å². The van der Waals surface area contributed by atoms with Crippen molar-refractivity contribution in [2.24, 2.45) is 5.92 Å². The lowest BCUT2D eigenvalue weighted by molar-refractivity contribution is 0.0799. The predicted molar refractivity (Wildman–Crippen MR) is 70.8 cm³/mol. The molecule has 96 valence electrons. The van der Waals surface area contributed by atoms with Crippen LogP contribution < -0.4 is 5.32 Å². The standard InChI is InChI=1S/C12H20BrN3O/c1-2-7-16-11(10(13)8-15-16)12(17)9-3-5-14-6-4-9/h8-9,12,14,17H,2-7H2,1H3. The Kier molecular flexibility index (Phi) is 4.59. The van der Waals surface area contributed by atoms with Crippen molar-refractivity contribution in [2.75, 3.05) is 13.1 Å². The summed E-state index contributed by atoms with van der Waals surface area (Å²) in [7, 11) is 0. The van der Waals surface area contributed by atoms with E-state index in [-0.39, 0.29) is 0 Å². The van der Waals surface area contributed by atoms with Gasteiger partial charge in [0.25, 0.3) is 0 Å². The second kappa shape index (κ2) is 5.98. The predicted octanol–water partition coefficient (Wildman–Crippen LogP) is 2.09. The van der Waals surface area contributed by atoms with Crippen LogP contribution in [0.5, 0.6) is 0 Å². The van der Waals surface area contributed by atoms with Gasteiger partial charge in [-0.25, -0.2) is 0 Å². The number of aliphatic hydroxyl groups is 1. The number of piperidine rings is 1. The van der Waals surface area contributed by atoms with Gasteiger partial charge in [0.1, 0.15) is 0 Å². The second-order valence-corrected chi connectivity index (χ2v) is 5.49. The molecule has 0 aliphatic carbocycles. The van der Waals surface area contributed by atoms with Gasteiger partial charge >= 0.3 is 0 Å². The summed E-state index contributed by atoms with van der Waals surface area (Å²) in [6.45, 7) is 4.99. The van der Waals surface area contributed by atoms with Crippen LogP contribution in [0.3, 0.4) is 0 Å². The lowest BCUT2D eigenvalue weighted by atomic mass is 9.90. The summed E-state index contributed by atoms with van der Waals surface area (Å²) in [6, 6.07) is 0. The first-order valence-electron chi connectivity index (χ1n) is 6.34. The molecule has 1 saturated heterocycles. The van der Waals surface area contributed by atoms with E-state index >= 15 is 0 Å². The molecule has 0 spiro atoms. The molecule has 1 unspecified atom stereocenters. The van der Waals surface area contributed by atoms with Crippen LogP contribution >= 0.6 is 15.9 Å². The molecule has 17 heavy (non-hydrogen) atoms. The van der Waals surface area contributed by atoms with E-state index < -0.39 is 6.10 Å². The van der Waals surface area contributed by atoms with Crippen molar-refractivity contribution >= 4 is 15.9 Å². The third-order valence-corrected chi connectivity index (χ3v) is 3.99. The van der Waals surface area contributed by atoms with Crippen LogP contribution in [0, 0.1) is 5.92 Å². The number of aromatic nitrogens is 2. The quantitative estimate of drug-likeness (QED) is 0.895. The van der Waals surface area contributed by atoms with E-state index in [4.69, 9.17) is 0 Å². The molecule has 1 fully saturated rings. The van der Waals surface area contributed by atoms with Gasteiger partial charge < -0.3 is 10.4 Å². The van der Waals surface area contributed by atoms with Gasteiger partial charge in [0, 0.05) is 6.54 Å². The molecule has 1 aromatic rings. The van der Waals surface area contributed by atoms with Crippen LogP contribution in [-0.4, -0.2) is 28.0 Å². The van der Waals surface area contributed by atoms with E-state index in [1.165, 1.54) is 0 Å². The minimum Gasteiger partial charge on any atom is -0.386 e. The average molecular weight is 302 g/mol. The van der Waals surface area contributed by atoms with Crippen LogP contribution in [0.1, 0.15) is 38.0 Å². The maximum atomic E-state index is 10.5. The van der Waals surface area contributed by atoms with E-state index in [1.54, 1.807) is 6.20 Å². The molecule has 0 aromatic carbocycles. The number of aryl methyl sites for hydroxylation is 1. The van der Waals surface area contributed by atoms with Gasteiger partial charge in [-0.3, -0.25) is 4.68 Å². The molecule has 5 heteroatoms. The Hall–Kier alpha value is -0.390. The lowest BCUT2D eigenvalue weighted by Crippen LogP contribution is -2.31. The molecule has 4 nitrogen and oxygen atoms in total. The summed E-state index contributed by atoms with van der Waals surface area (Å²) in [6.07, 6.45) is 4.48. The van der Waals surface area contributed by atoms with Gasteiger partial charge in [0.2, 0.25) is 0 Å². The monoisotopic (exact) mass is 301 g/mol. The molecule has 1 aliphatic rings. The second-order valence-electron chi connectivity index (χ2n) is 4.63. The van der Waals surface area contributed by atoms with Crippen molar-refractivity contribution in [1.29, 1.82) is 0 Å². The van der Waals surface area contributed by atoms with Gasteiger partial charge in [-0.15, -0.1) is 0 Å². The SMILES string of the molecule is CCCn1ncc(Br)c1C(O)C1CCNCC1. The fourth-order valence-electron chi connectivity index (χ4n) is 2.44. The van der Waals surface area contributed by atoms with Crippen LogP contribution in [0.4, 0.5) is 0 Å². The number of nitrogens with zero attached hydrogens (tertiary/aromatic N) is 2. The van der Waals surface area contributed by atoms with Crippen molar-refractivity contribution < 1.29 is 5.11 Å². The van der Waals surface area contributed by atoms with E-state index in [0.717, 1.165) is 49.1 Å². The molecule has 1 aromatic heterocycles. The molecule has 0 saturated carbocycles. The van der Waals surface area contributed by atoms with Crippen molar-refractivity contribution in [3.05, 3.63) is 16.4 Å². The Morgan fingerprint density at radius 3 is 2.94 bits per heavy atom. The zero-order valence-electron chi connectivity index (χ0n) is 10.2. The van der Waals surface area contributed by atoms with Crippen molar-refractivity contribution in [3.63, 3.8) is 0 Å². The Labute approximate surface area is 111 Å². The highest BCUT2D eigenvalue weighted by Gasteiger charge is 2.27. The number of aliphatic hydroxyl groups excluding tert-OH is 1. The summed E-state index contributed by atoms with van der Waals surface area (Å²) in [5.74, 6) is 0.347. The number of nitrogens with one attached hydrogen (secondary N) is 1. The first-order chi connectivity index (χ1) is 8.24. The van der Waals surface area contributed by atoms with E-state index in [0.29, 0.717) is 5.92 Å². The Bertz CT molecular complexity index is 361. The smallest absolute Gasteiger partial charge is 0.0997 e. The first kappa shape index (κ1) is 13.1.